The third kappa shape index (κ3) is 4.56. The Hall–Kier alpha value is -1.88. The Morgan fingerprint density at radius 3 is 2.86 bits per heavy atom. The van der Waals surface area contributed by atoms with E-state index in [1.54, 1.807) is 7.05 Å². The summed E-state index contributed by atoms with van der Waals surface area (Å²) in [5.41, 5.74) is 1.29. The fraction of sp³-hybridized carbons (Fsp3) is 0.500. The van der Waals surface area contributed by atoms with Gasteiger partial charge in [0.2, 0.25) is 11.8 Å². The van der Waals surface area contributed by atoms with E-state index in [9.17, 15) is 9.59 Å². The van der Waals surface area contributed by atoms with Crippen molar-refractivity contribution in [2.45, 2.75) is 25.3 Å². The van der Waals surface area contributed by atoms with Crippen molar-refractivity contribution < 1.29 is 9.59 Å². The van der Waals surface area contributed by atoms with Crippen molar-refractivity contribution in [1.29, 1.82) is 0 Å². The predicted octanol–water partition coefficient (Wildman–Crippen LogP) is 0.556. The summed E-state index contributed by atoms with van der Waals surface area (Å²) in [6.07, 6.45) is 2.13. The molecule has 5 heteroatoms. The second kappa shape index (κ2) is 7.78. The first-order valence-electron chi connectivity index (χ1n) is 7.47. The number of nitrogens with one attached hydrogen (secondary N) is 2. The molecule has 1 unspecified atom stereocenters. The number of piperazine rings is 1. The summed E-state index contributed by atoms with van der Waals surface area (Å²) in [7, 11) is 1.59. The van der Waals surface area contributed by atoms with Crippen LogP contribution in [-0.2, 0) is 16.0 Å². The van der Waals surface area contributed by atoms with Gasteiger partial charge < -0.3 is 15.5 Å². The molecule has 5 nitrogen and oxygen atoms in total. The van der Waals surface area contributed by atoms with E-state index in [2.05, 4.69) is 22.8 Å². The molecule has 1 atom stereocenters. The first-order chi connectivity index (χ1) is 10.2. The number of benzene rings is 1. The van der Waals surface area contributed by atoms with Gasteiger partial charge in [-0.15, -0.1) is 0 Å². The first kappa shape index (κ1) is 15.5. The summed E-state index contributed by atoms with van der Waals surface area (Å²) in [4.78, 5) is 25.6. The minimum atomic E-state index is -0.379. The number of hydrogen-bond acceptors (Lipinski definition) is 3. The molecule has 1 saturated heterocycles. The molecule has 2 amide bonds. The van der Waals surface area contributed by atoms with Gasteiger partial charge in [-0.05, 0) is 18.4 Å². The van der Waals surface area contributed by atoms with E-state index in [0.717, 1.165) is 32.5 Å². The highest BCUT2D eigenvalue weighted by molar-refractivity contribution is 5.88. The standard InChI is InChI=1S/C16H23N3O2/c1-17-15(20)12-14-16(21)19(11-9-18-14)10-5-8-13-6-3-2-4-7-13/h2-4,6-7,14,18H,5,8-12H2,1H3,(H,17,20). The minimum absolute atomic E-state index is 0.0397. The molecular formula is C16H23N3O2. The molecular weight excluding hydrogens is 266 g/mol. The van der Waals surface area contributed by atoms with E-state index in [1.165, 1.54) is 5.56 Å². The van der Waals surface area contributed by atoms with Gasteiger partial charge >= 0.3 is 0 Å². The van der Waals surface area contributed by atoms with Gasteiger partial charge in [0.1, 0.15) is 0 Å². The zero-order chi connectivity index (χ0) is 15.1. The normalized spacial score (nSPS) is 18.6. The van der Waals surface area contributed by atoms with Crippen molar-refractivity contribution in [3.63, 3.8) is 0 Å². The maximum absolute atomic E-state index is 12.3. The number of carbonyl (C=O) groups is 2. The Morgan fingerprint density at radius 2 is 2.14 bits per heavy atom. The number of aryl methyl sites for hydroxylation is 1. The van der Waals surface area contributed by atoms with Crippen molar-refractivity contribution in [2.24, 2.45) is 0 Å². The highest BCUT2D eigenvalue weighted by atomic mass is 16.2. The monoisotopic (exact) mass is 289 g/mol. The van der Waals surface area contributed by atoms with E-state index in [4.69, 9.17) is 0 Å². The number of hydrogen-bond donors (Lipinski definition) is 2. The molecule has 2 N–H and O–H groups in total. The van der Waals surface area contributed by atoms with Crippen LogP contribution >= 0.6 is 0 Å². The van der Waals surface area contributed by atoms with Gasteiger partial charge in [-0.1, -0.05) is 30.3 Å². The van der Waals surface area contributed by atoms with Gasteiger partial charge in [0.05, 0.1) is 12.5 Å². The molecule has 0 aliphatic carbocycles. The molecule has 0 spiro atoms. The highest BCUT2D eigenvalue weighted by Crippen LogP contribution is 2.08. The Kier molecular flexibility index (Phi) is 5.75. The fourth-order valence-electron chi connectivity index (χ4n) is 2.58. The quantitative estimate of drug-likeness (QED) is 0.804. The molecule has 1 fully saturated rings. The minimum Gasteiger partial charge on any atom is -0.359 e. The van der Waals surface area contributed by atoms with E-state index in [1.807, 2.05) is 23.1 Å². The van der Waals surface area contributed by atoms with Gasteiger partial charge in [-0.3, -0.25) is 9.59 Å². The van der Waals surface area contributed by atoms with E-state index >= 15 is 0 Å². The highest BCUT2D eigenvalue weighted by Gasteiger charge is 2.29. The maximum atomic E-state index is 12.3. The third-order valence-electron chi connectivity index (χ3n) is 3.79. The molecule has 1 aliphatic rings. The number of carbonyl (C=O) groups excluding carboxylic acids is 2. The number of amides is 2. The average Bonchev–Trinajstić information content (AvgIpc) is 2.52. The topological polar surface area (TPSA) is 61.4 Å². The zero-order valence-corrected chi connectivity index (χ0v) is 12.5. The van der Waals surface area contributed by atoms with Crippen LogP contribution in [-0.4, -0.2) is 49.4 Å². The molecule has 0 saturated carbocycles. The molecule has 0 bridgehead atoms. The molecule has 21 heavy (non-hydrogen) atoms. The van der Waals surface area contributed by atoms with Crippen LogP contribution in [0.15, 0.2) is 30.3 Å². The fourth-order valence-corrected chi connectivity index (χ4v) is 2.58. The lowest BCUT2D eigenvalue weighted by molar-refractivity contribution is -0.138. The first-order valence-corrected chi connectivity index (χ1v) is 7.47. The van der Waals surface area contributed by atoms with Gasteiger partial charge in [0.15, 0.2) is 0 Å². The van der Waals surface area contributed by atoms with E-state index in [0.29, 0.717) is 0 Å². The lowest BCUT2D eigenvalue weighted by Crippen LogP contribution is -2.56. The van der Waals surface area contributed by atoms with Crippen molar-refractivity contribution in [1.82, 2.24) is 15.5 Å². The smallest absolute Gasteiger partial charge is 0.240 e. The summed E-state index contributed by atoms with van der Waals surface area (Å²) in [6, 6.07) is 9.90. The van der Waals surface area contributed by atoms with Crippen LogP contribution in [0.2, 0.25) is 0 Å². The second-order valence-corrected chi connectivity index (χ2v) is 5.30. The predicted molar refractivity (Wildman–Crippen MR) is 81.8 cm³/mol. The SMILES string of the molecule is CNC(=O)CC1NCCN(CCCc2ccccc2)C1=O. The van der Waals surface area contributed by atoms with Crippen LogP contribution in [0, 0.1) is 0 Å². The Morgan fingerprint density at radius 1 is 1.38 bits per heavy atom. The molecule has 0 aromatic heterocycles. The van der Waals surface area contributed by atoms with Crippen LogP contribution in [0.25, 0.3) is 0 Å². The third-order valence-corrected chi connectivity index (χ3v) is 3.79. The van der Waals surface area contributed by atoms with Crippen LogP contribution in [0.1, 0.15) is 18.4 Å². The van der Waals surface area contributed by atoms with Crippen LogP contribution in [0.3, 0.4) is 0 Å². The van der Waals surface area contributed by atoms with Crippen molar-refractivity contribution in [3.05, 3.63) is 35.9 Å². The maximum Gasteiger partial charge on any atom is 0.240 e. The molecule has 1 heterocycles. The average molecular weight is 289 g/mol. The second-order valence-electron chi connectivity index (χ2n) is 5.30. The molecule has 0 radical (unpaired) electrons. The summed E-state index contributed by atoms with van der Waals surface area (Å²) >= 11 is 0. The van der Waals surface area contributed by atoms with Gasteiger partial charge in [0, 0.05) is 26.7 Å². The number of nitrogens with zero attached hydrogens (tertiary/aromatic N) is 1. The summed E-state index contributed by atoms with van der Waals surface area (Å²) < 4.78 is 0. The van der Waals surface area contributed by atoms with Gasteiger partial charge in [-0.25, -0.2) is 0 Å². The molecule has 1 aromatic carbocycles. The largest absolute Gasteiger partial charge is 0.359 e. The van der Waals surface area contributed by atoms with Crippen LogP contribution in [0.4, 0.5) is 0 Å². The molecule has 1 aromatic rings. The van der Waals surface area contributed by atoms with Crippen molar-refractivity contribution >= 4 is 11.8 Å². The van der Waals surface area contributed by atoms with E-state index in [-0.39, 0.29) is 24.3 Å². The summed E-state index contributed by atoms with van der Waals surface area (Å²) in [5, 5.41) is 5.68. The van der Waals surface area contributed by atoms with Crippen molar-refractivity contribution in [2.75, 3.05) is 26.7 Å². The van der Waals surface area contributed by atoms with Gasteiger partial charge in [-0.2, -0.15) is 0 Å². The summed E-state index contributed by atoms with van der Waals surface area (Å²) in [5.74, 6) is -0.0649. The summed E-state index contributed by atoms with van der Waals surface area (Å²) in [6.45, 7) is 2.22. The Bertz CT molecular complexity index is 476. The Labute approximate surface area is 125 Å². The molecule has 2 rings (SSSR count). The molecule has 114 valence electrons. The zero-order valence-electron chi connectivity index (χ0n) is 12.5. The van der Waals surface area contributed by atoms with Crippen LogP contribution < -0.4 is 10.6 Å². The van der Waals surface area contributed by atoms with Gasteiger partial charge in [0.25, 0.3) is 0 Å². The van der Waals surface area contributed by atoms with Crippen molar-refractivity contribution in [3.8, 4) is 0 Å². The lowest BCUT2D eigenvalue weighted by atomic mass is 10.1. The molecule has 1 aliphatic heterocycles. The number of rotatable bonds is 6. The lowest BCUT2D eigenvalue weighted by Gasteiger charge is -2.33. The van der Waals surface area contributed by atoms with E-state index < -0.39 is 0 Å². The Balaban J connectivity index is 1.80. The van der Waals surface area contributed by atoms with Crippen LogP contribution in [0.5, 0.6) is 0 Å².